The highest BCUT2D eigenvalue weighted by molar-refractivity contribution is 6.31. The third kappa shape index (κ3) is 5.42. The second-order valence-electron chi connectivity index (χ2n) is 12.8. The molecule has 1 N–H and O–H groups in total. The normalized spacial score (nSPS) is 24.2. The number of piperidine rings is 1. The number of hydrogen-bond donors (Lipinski definition) is 1. The van der Waals surface area contributed by atoms with E-state index in [-0.39, 0.29) is 30.8 Å². The van der Waals surface area contributed by atoms with Crippen molar-refractivity contribution in [2.45, 2.75) is 57.2 Å². The van der Waals surface area contributed by atoms with Gasteiger partial charge in [-0.15, -0.1) is 0 Å². The van der Waals surface area contributed by atoms with Crippen molar-refractivity contribution < 1.29 is 28.6 Å². The first-order valence-corrected chi connectivity index (χ1v) is 16.6. The minimum Gasteiger partial charge on any atom is -0.480 e. The number of aromatic nitrogens is 4. The number of hydrogen-bond acceptors (Lipinski definition) is 9. The number of nitrogens with zero attached hydrogens (tertiary/aromatic N) is 6. The molecule has 13 heteroatoms. The maximum atomic E-state index is 13.2. The zero-order chi connectivity index (χ0) is 32.2. The monoisotopic (exact) mass is 658 g/mol. The molecule has 12 nitrogen and oxygen atoms in total. The zero-order valence-corrected chi connectivity index (χ0v) is 26.7. The second-order valence-corrected chi connectivity index (χ2v) is 13.2. The van der Waals surface area contributed by atoms with Crippen LogP contribution in [0.1, 0.15) is 44.5 Å². The van der Waals surface area contributed by atoms with Crippen LogP contribution < -0.4 is 9.64 Å². The van der Waals surface area contributed by atoms with E-state index in [4.69, 9.17) is 40.4 Å². The Balaban J connectivity index is 1.23. The number of fused-ring (bicyclic) bond motifs is 12. The van der Waals surface area contributed by atoms with Gasteiger partial charge in [0.05, 0.1) is 24.2 Å². The summed E-state index contributed by atoms with van der Waals surface area (Å²) in [5, 5.41) is 11.9. The van der Waals surface area contributed by atoms with Crippen molar-refractivity contribution in [2.75, 3.05) is 37.7 Å². The first kappa shape index (κ1) is 29.9. The highest BCUT2D eigenvalue weighted by Crippen LogP contribution is 2.40. The second kappa shape index (κ2) is 12.0. The fourth-order valence-electron chi connectivity index (χ4n) is 7.37. The number of amides is 1. The van der Waals surface area contributed by atoms with Gasteiger partial charge in [-0.25, -0.2) is 14.8 Å². The molecule has 2 saturated heterocycles. The lowest BCUT2D eigenvalue weighted by molar-refractivity contribution is -0.138. The van der Waals surface area contributed by atoms with Crippen LogP contribution in [0.15, 0.2) is 46.9 Å². The molecule has 0 radical (unpaired) electrons. The molecule has 6 bridgehead atoms. The molecule has 4 aliphatic heterocycles. The van der Waals surface area contributed by atoms with Crippen molar-refractivity contribution in [1.82, 2.24) is 24.4 Å². The molecule has 3 aromatic heterocycles. The number of benzene rings is 2. The Morgan fingerprint density at radius 2 is 1.94 bits per heavy atom. The molecular weight excluding hydrogens is 624 g/mol. The van der Waals surface area contributed by atoms with E-state index in [9.17, 15) is 14.7 Å². The minimum absolute atomic E-state index is 0.00109. The van der Waals surface area contributed by atoms with E-state index in [2.05, 4.69) is 11.5 Å². The number of imidazole rings is 1. The Kier molecular flexibility index (Phi) is 7.64. The van der Waals surface area contributed by atoms with Gasteiger partial charge in [-0.3, -0.25) is 9.36 Å². The van der Waals surface area contributed by atoms with Crippen LogP contribution in [0.4, 0.5) is 5.82 Å². The van der Waals surface area contributed by atoms with Crippen LogP contribution in [0.25, 0.3) is 33.1 Å². The Morgan fingerprint density at radius 1 is 1.06 bits per heavy atom. The highest BCUT2D eigenvalue weighted by Gasteiger charge is 2.42. The molecule has 7 heterocycles. The number of carboxylic acids is 1. The molecule has 0 unspecified atom stereocenters. The van der Waals surface area contributed by atoms with E-state index in [0.717, 1.165) is 22.8 Å². The Bertz CT molecular complexity index is 2010. The standard InChI is InChI=1S/C34H35ClN6O6/c1-19-17-39-12-10-24(19)41-25-15-20(35)8-9-23(25)36-34(41)46-21-16-26(33(43)44)40(18-21)32-31-30(22-5-2-3-6-27(22)47-31)37-28(38-32)11-14-45-13-4-7-29(39)42/h2-3,5-6,8-9,15,19,21,24,26H,4,7,10-14,16-18H2,1H3,(H,43,44)/t19-,21-,24-,26-/m0/s1. The fourth-order valence-corrected chi connectivity index (χ4v) is 7.53. The van der Waals surface area contributed by atoms with Crippen LogP contribution in [0.5, 0.6) is 6.01 Å². The predicted molar refractivity (Wildman–Crippen MR) is 175 cm³/mol. The molecule has 1 amide bonds. The molecule has 0 spiro atoms. The van der Waals surface area contributed by atoms with Crippen LogP contribution in [0.2, 0.25) is 5.02 Å². The van der Waals surface area contributed by atoms with Crippen LogP contribution in [0, 0.1) is 5.92 Å². The Morgan fingerprint density at radius 3 is 2.79 bits per heavy atom. The van der Waals surface area contributed by atoms with E-state index in [1.54, 1.807) is 11.0 Å². The van der Waals surface area contributed by atoms with E-state index < -0.39 is 18.1 Å². The van der Waals surface area contributed by atoms with Crippen LogP contribution in [-0.2, 0) is 20.7 Å². The molecule has 9 rings (SSSR count). The summed E-state index contributed by atoms with van der Waals surface area (Å²) in [5.74, 6) is 0.198. The molecule has 2 fully saturated rings. The molecule has 4 aliphatic rings. The van der Waals surface area contributed by atoms with Gasteiger partial charge < -0.3 is 28.8 Å². The number of carbonyl (C=O) groups is 2. The first-order chi connectivity index (χ1) is 22.8. The van der Waals surface area contributed by atoms with E-state index >= 15 is 0 Å². The van der Waals surface area contributed by atoms with Gasteiger partial charge in [-0.1, -0.05) is 30.7 Å². The molecule has 0 saturated carbocycles. The fraction of sp³-hybridized carbons (Fsp3) is 0.441. The molecule has 5 aromatic rings. The van der Waals surface area contributed by atoms with Gasteiger partial charge >= 0.3 is 5.97 Å². The number of anilines is 1. The number of rotatable bonds is 1. The average Bonchev–Trinajstić information content (AvgIpc) is 3.75. The average molecular weight is 659 g/mol. The smallest absolute Gasteiger partial charge is 0.326 e. The number of carboxylic acid groups (broad SMARTS) is 1. The molecule has 0 aliphatic carbocycles. The summed E-state index contributed by atoms with van der Waals surface area (Å²) < 4.78 is 21.0. The quantitative estimate of drug-likeness (QED) is 0.254. The SMILES string of the molecule is C[C@H]1CN2CC[C@@H]1n1c(nc3ccc(Cl)cc31)O[C@H]1C[C@@H](C(=O)O)N(C1)c1nc(nc3c1oc1ccccc13)CCOCCCC2=O. The maximum Gasteiger partial charge on any atom is 0.326 e. The number of halogens is 1. The van der Waals surface area contributed by atoms with Gasteiger partial charge in [0.2, 0.25) is 5.91 Å². The summed E-state index contributed by atoms with van der Waals surface area (Å²) in [4.78, 5) is 44.2. The highest BCUT2D eigenvalue weighted by atomic mass is 35.5. The number of aliphatic carboxylic acids is 1. The van der Waals surface area contributed by atoms with Gasteiger partial charge in [-0.05, 0) is 49.1 Å². The van der Waals surface area contributed by atoms with Crippen molar-refractivity contribution in [2.24, 2.45) is 5.92 Å². The number of ether oxygens (including phenoxy) is 2. The van der Waals surface area contributed by atoms with Crippen molar-refractivity contribution in [1.29, 1.82) is 0 Å². The number of carbonyl (C=O) groups excluding carboxylic acids is 1. The van der Waals surface area contributed by atoms with E-state index in [1.807, 2.05) is 41.3 Å². The number of para-hydroxylation sites is 1. The number of furan rings is 1. The van der Waals surface area contributed by atoms with Crippen LogP contribution in [0.3, 0.4) is 0 Å². The summed E-state index contributed by atoms with van der Waals surface area (Å²) >= 11 is 6.47. The molecule has 244 valence electrons. The molecule has 4 atom stereocenters. The summed E-state index contributed by atoms with van der Waals surface area (Å²) in [7, 11) is 0. The Hall–Kier alpha value is -4.42. The van der Waals surface area contributed by atoms with Crippen molar-refractivity contribution in [3.05, 3.63) is 53.3 Å². The van der Waals surface area contributed by atoms with Gasteiger partial charge in [0.25, 0.3) is 6.01 Å². The third-order valence-electron chi connectivity index (χ3n) is 9.65. The van der Waals surface area contributed by atoms with Crippen LogP contribution >= 0.6 is 11.6 Å². The van der Waals surface area contributed by atoms with Crippen molar-refractivity contribution in [3.63, 3.8) is 0 Å². The topological polar surface area (TPSA) is 136 Å². The van der Waals surface area contributed by atoms with E-state index in [1.165, 1.54) is 0 Å². The zero-order valence-electron chi connectivity index (χ0n) is 26.0. The molecular formula is C34H35ClN6O6. The minimum atomic E-state index is -0.979. The Labute approximate surface area is 275 Å². The van der Waals surface area contributed by atoms with Gasteiger partial charge in [0.1, 0.15) is 29.1 Å². The summed E-state index contributed by atoms with van der Waals surface area (Å²) in [5.41, 5.74) is 3.29. The maximum absolute atomic E-state index is 13.2. The van der Waals surface area contributed by atoms with E-state index in [0.29, 0.717) is 84.9 Å². The van der Waals surface area contributed by atoms with Gasteiger partial charge in [-0.2, -0.15) is 4.98 Å². The lowest BCUT2D eigenvalue weighted by atomic mass is 9.93. The lowest BCUT2D eigenvalue weighted by Gasteiger charge is -2.38. The van der Waals surface area contributed by atoms with Crippen molar-refractivity contribution >= 4 is 62.4 Å². The van der Waals surface area contributed by atoms with Gasteiger partial charge in [0.15, 0.2) is 11.4 Å². The summed E-state index contributed by atoms with van der Waals surface area (Å²) in [6.07, 6.45) is 1.87. The van der Waals surface area contributed by atoms with Crippen molar-refractivity contribution in [3.8, 4) is 6.01 Å². The van der Waals surface area contributed by atoms with Crippen LogP contribution in [-0.4, -0.2) is 86.4 Å². The first-order valence-electron chi connectivity index (χ1n) is 16.2. The summed E-state index contributed by atoms with van der Waals surface area (Å²) in [6, 6.07) is 12.7. The summed E-state index contributed by atoms with van der Waals surface area (Å²) in [6.45, 7) is 4.43. The lowest BCUT2D eigenvalue weighted by Crippen LogP contribution is -2.43. The third-order valence-corrected chi connectivity index (χ3v) is 9.89. The molecule has 47 heavy (non-hydrogen) atoms. The predicted octanol–water partition coefficient (Wildman–Crippen LogP) is 5.25. The van der Waals surface area contributed by atoms with Gasteiger partial charge in [0, 0.05) is 55.4 Å². The largest absolute Gasteiger partial charge is 0.480 e. The molecule has 2 aromatic carbocycles.